The Bertz CT molecular complexity index is 427. The van der Waals surface area contributed by atoms with Gasteiger partial charge in [0.2, 0.25) is 0 Å². The highest BCUT2D eigenvalue weighted by Crippen LogP contribution is 2.06. The largest absolute Gasteiger partial charge is 0.369 e. The van der Waals surface area contributed by atoms with E-state index in [0.717, 1.165) is 45.4 Å². The van der Waals surface area contributed by atoms with E-state index in [-0.39, 0.29) is 5.91 Å². The number of nitrogens with zero attached hydrogens (tertiary/aromatic N) is 4. The first-order valence-electron chi connectivity index (χ1n) is 8.08. The Kier molecular flexibility index (Phi) is 8.43. The van der Waals surface area contributed by atoms with E-state index in [0.29, 0.717) is 11.5 Å². The Labute approximate surface area is 133 Å². The Hall–Kier alpha value is -1.69. The van der Waals surface area contributed by atoms with Gasteiger partial charge in [-0.05, 0) is 39.9 Å². The standard InChI is InChI=1S/C16H29N5O/c1-5-9-21(10-6-2)16(22)14-12-19-15(13-18-14)17-8-7-11-20(3)4/h12-13H,5-11H2,1-4H3,(H,17,19). The molecule has 0 unspecified atom stereocenters. The second-order valence-electron chi connectivity index (χ2n) is 5.66. The molecule has 0 aromatic carbocycles. The van der Waals surface area contributed by atoms with E-state index in [2.05, 4.69) is 48.1 Å². The first-order chi connectivity index (χ1) is 10.6. The first kappa shape index (κ1) is 18.4. The highest BCUT2D eigenvalue weighted by atomic mass is 16.2. The molecule has 0 atom stereocenters. The molecule has 0 bridgehead atoms. The molecule has 0 radical (unpaired) electrons. The van der Waals surface area contributed by atoms with Gasteiger partial charge in [-0.15, -0.1) is 0 Å². The highest BCUT2D eigenvalue weighted by molar-refractivity contribution is 5.92. The van der Waals surface area contributed by atoms with Gasteiger partial charge in [0, 0.05) is 19.6 Å². The number of anilines is 1. The lowest BCUT2D eigenvalue weighted by molar-refractivity contribution is 0.0749. The Morgan fingerprint density at radius 1 is 1.09 bits per heavy atom. The summed E-state index contributed by atoms with van der Waals surface area (Å²) in [6.45, 7) is 7.54. The predicted octanol–water partition coefficient (Wildman–Crippen LogP) is 2.10. The monoisotopic (exact) mass is 307 g/mol. The van der Waals surface area contributed by atoms with Crippen molar-refractivity contribution in [3.8, 4) is 0 Å². The molecule has 1 N–H and O–H groups in total. The third-order valence-electron chi connectivity index (χ3n) is 3.23. The fourth-order valence-electron chi connectivity index (χ4n) is 2.16. The molecule has 6 nitrogen and oxygen atoms in total. The van der Waals surface area contributed by atoms with Crippen molar-refractivity contribution in [2.75, 3.05) is 45.6 Å². The smallest absolute Gasteiger partial charge is 0.274 e. The quantitative estimate of drug-likeness (QED) is 0.671. The van der Waals surface area contributed by atoms with E-state index in [9.17, 15) is 4.79 Å². The average molecular weight is 307 g/mol. The van der Waals surface area contributed by atoms with E-state index in [4.69, 9.17) is 0 Å². The lowest BCUT2D eigenvalue weighted by atomic mass is 10.3. The minimum Gasteiger partial charge on any atom is -0.369 e. The molecule has 0 aliphatic heterocycles. The van der Waals surface area contributed by atoms with Crippen LogP contribution in [0.5, 0.6) is 0 Å². The molecule has 124 valence electrons. The van der Waals surface area contributed by atoms with Crippen LogP contribution in [-0.4, -0.2) is 65.9 Å². The highest BCUT2D eigenvalue weighted by Gasteiger charge is 2.15. The van der Waals surface area contributed by atoms with Crippen LogP contribution in [0.15, 0.2) is 12.4 Å². The summed E-state index contributed by atoms with van der Waals surface area (Å²) < 4.78 is 0. The summed E-state index contributed by atoms with van der Waals surface area (Å²) in [6, 6.07) is 0. The summed E-state index contributed by atoms with van der Waals surface area (Å²) in [5, 5.41) is 3.22. The van der Waals surface area contributed by atoms with Crippen LogP contribution in [0.2, 0.25) is 0 Å². The topological polar surface area (TPSA) is 61.4 Å². The van der Waals surface area contributed by atoms with Crippen LogP contribution in [0.3, 0.4) is 0 Å². The fraction of sp³-hybridized carbons (Fsp3) is 0.688. The third-order valence-corrected chi connectivity index (χ3v) is 3.23. The van der Waals surface area contributed by atoms with Crippen molar-refractivity contribution in [3.05, 3.63) is 18.1 Å². The van der Waals surface area contributed by atoms with Gasteiger partial charge in [-0.25, -0.2) is 9.97 Å². The molecule has 6 heteroatoms. The molecule has 0 fully saturated rings. The number of carbonyl (C=O) groups is 1. The second kappa shape index (κ2) is 10.1. The predicted molar refractivity (Wildman–Crippen MR) is 90.2 cm³/mol. The molecule has 0 saturated carbocycles. The zero-order valence-electron chi connectivity index (χ0n) is 14.3. The maximum atomic E-state index is 12.4. The van der Waals surface area contributed by atoms with Gasteiger partial charge in [-0.1, -0.05) is 13.8 Å². The van der Waals surface area contributed by atoms with Crippen molar-refractivity contribution >= 4 is 11.7 Å². The van der Waals surface area contributed by atoms with Crippen molar-refractivity contribution in [1.29, 1.82) is 0 Å². The van der Waals surface area contributed by atoms with Gasteiger partial charge in [0.15, 0.2) is 0 Å². The molecule has 1 amide bonds. The number of rotatable bonds is 10. The summed E-state index contributed by atoms with van der Waals surface area (Å²) in [4.78, 5) is 24.9. The van der Waals surface area contributed by atoms with E-state index in [1.54, 1.807) is 12.4 Å². The Morgan fingerprint density at radius 3 is 2.27 bits per heavy atom. The molecular formula is C16H29N5O. The van der Waals surface area contributed by atoms with Crippen LogP contribution in [0.4, 0.5) is 5.82 Å². The average Bonchev–Trinajstić information content (AvgIpc) is 2.51. The Balaban J connectivity index is 2.53. The van der Waals surface area contributed by atoms with Gasteiger partial charge in [0.25, 0.3) is 5.91 Å². The molecule has 0 saturated heterocycles. The number of hydrogen-bond donors (Lipinski definition) is 1. The van der Waals surface area contributed by atoms with E-state index in [1.165, 1.54) is 0 Å². The number of aromatic nitrogens is 2. The van der Waals surface area contributed by atoms with Crippen molar-refractivity contribution < 1.29 is 4.79 Å². The number of hydrogen-bond acceptors (Lipinski definition) is 5. The maximum absolute atomic E-state index is 12.4. The summed E-state index contributed by atoms with van der Waals surface area (Å²) in [5.74, 6) is 0.684. The lowest BCUT2D eigenvalue weighted by Gasteiger charge is -2.20. The zero-order chi connectivity index (χ0) is 16.4. The van der Waals surface area contributed by atoms with E-state index < -0.39 is 0 Å². The van der Waals surface area contributed by atoms with Crippen molar-refractivity contribution in [1.82, 2.24) is 19.8 Å². The van der Waals surface area contributed by atoms with Gasteiger partial charge in [0.05, 0.1) is 12.4 Å². The fourth-order valence-corrected chi connectivity index (χ4v) is 2.16. The van der Waals surface area contributed by atoms with Crippen molar-refractivity contribution in [3.63, 3.8) is 0 Å². The van der Waals surface area contributed by atoms with E-state index in [1.807, 2.05) is 4.90 Å². The number of amides is 1. The number of carbonyl (C=O) groups excluding carboxylic acids is 1. The van der Waals surface area contributed by atoms with Crippen LogP contribution in [0.1, 0.15) is 43.6 Å². The maximum Gasteiger partial charge on any atom is 0.274 e. The lowest BCUT2D eigenvalue weighted by Crippen LogP contribution is -2.33. The summed E-state index contributed by atoms with van der Waals surface area (Å²) in [5.41, 5.74) is 0.417. The van der Waals surface area contributed by atoms with Gasteiger partial charge >= 0.3 is 0 Å². The van der Waals surface area contributed by atoms with E-state index >= 15 is 0 Å². The van der Waals surface area contributed by atoms with Crippen molar-refractivity contribution in [2.45, 2.75) is 33.1 Å². The van der Waals surface area contributed by atoms with Gasteiger partial charge in [-0.2, -0.15) is 0 Å². The SMILES string of the molecule is CCCN(CCC)C(=O)c1cnc(NCCCN(C)C)cn1. The zero-order valence-corrected chi connectivity index (χ0v) is 14.3. The Morgan fingerprint density at radius 2 is 1.77 bits per heavy atom. The van der Waals surface area contributed by atoms with Gasteiger partial charge in [0.1, 0.15) is 11.5 Å². The molecule has 1 aromatic heterocycles. The molecular weight excluding hydrogens is 278 g/mol. The summed E-state index contributed by atoms with van der Waals surface area (Å²) in [7, 11) is 4.11. The van der Waals surface area contributed by atoms with Crippen LogP contribution < -0.4 is 5.32 Å². The third kappa shape index (κ3) is 6.39. The van der Waals surface area contributed by atoms with Gasteiger partial charge in [-0.3, -0.25) is 4.79 Å². The van der Waals surface area contributed by atoms with Crippen LogP contribution in [0, 0.1) is 0 Å². The minimum absolute atomic E-state index is 0.0321. The minimum atomic E-state index is -0.0321. The van der Waals surface area contributed by atoms with Gasteiger partial charge < -0.3 is 15.1 Å². The molecule has 1 heterocycles. The van der Waals surface area contributed by atoms with Crippen LogP contribution in [0.25, 0.3) is 0 Å². The molecule has 0 aliphatic carbocycles. The molecule has 1 aromatic rings. The normalized spacial score (nSPS) is 10.8. The number of nitrogens with one attached hydrogen (secondary N) is 1. The summed E-state index contributed by atoms with van der Waals surface area (Å²) >= 11 is 0. The second-order valence-corrected chi connectivity index (χ2v) is 5.66. The van der Waals surface area contributed by atoms with Crippen molar-refractivity contribution in [2.24, 2.45) is 0 Å². The molecule has 1 rings (SSSR count). The summed E-state index contributed by atoms with van der Waals surface area (Å²) in [6.07, 6.45) is 6.14. The van der Waals surface area contributed by atoms with Crippen LogP contribution in [-0.2, 0) is 0 Å². The first-order valence-corrected chi connectivity index (χ1v) is 8.08. The molecule has 0 aliphatic rings. The molecule has 0 spiro atoms. The molecule has 22 heavy (non-hydrogen) atoms. The van der Waals surface area contributed by atoms with Crippen LogP contribution >= 0.6 is 0 Å².